The van der Waals surface area contributed by atoms with E-state index in [1.807, 2.05) is 13.8 Å². The van der Waals surface area contributed by atoms with Crippen LogP contribution in [-0.2, 0) is 23.9 Å². The number of unbranched alkanes of at least 4 members (excludes halogenated alkanes) is 9. The molecule has 8 heteroatoms. The number of esters is 2. The Kier molecular flexibility index (Phi) is 10.0. The molecule has 0 aromatic carbocycles. The first-order chi connectivity index (χ1) is 20.2. The van der Waals surface area contributed by atoms with E-state index in [-0.39, 0.29) is 19.4 Å². The Bertz CT molecular complexity index is 1140. The van der Waals surface area contributed by atoms with Crippen molar-refractivity contribution in [1.82, 2.24) is 0 Å². The Morgan fingerprint density at radius 3 is 2.12 bits per heavy atom. The third kappa shape index (κ3) is 5.65. The maximum Gasteiger partial charge on any atom is 0.306 e. The third-order valence-electron chi connectivity index (χ3n) is 11.3. The van der Waals surface area contributed by atoms with Crippen LogP contribution < -0.4 is 0 Å². The van der Waals surface area contributed by atoms with E-state index < -0.39 is 69.7 Å². The summed E-state index contributed by atoms with van der Waals surface area (Å²) in [6.45, 7) is 10.4. The molecule has 2 fully saturated rings. The second-order valence-electron chi connectivity index (χ2n) is 14.4. The highest BCUT2D eigenvalue weighted by Gasteiger charge is 2.87. The molecule has 4 rings (SSSR count). The van der Waals surface area contributed by atoms with Crippen LogP contribution in [0.3, 0.4) is 0 Å². The van der Waals surface area contributed by atoms with Gasteiger partial charge in [0.05, 0.1) is 12.2 Å². The molecule has 0 spiro atoms. The number of fused-ring (bicyclic) bond motifs is 5. The van der Waals surface area contributed by atoms with Gasteiger partial charge in [0.25, 0.3) is 0 Å². The molecule has 4 aliphatic rings. The summed E-state index contributed by atoms with van der Waals surface area (Å²) < 4.78 is 12.3. The average Bonchev–Trinajstić information content (AvgIpc) is 3.37. The summed E-state index contributed by atoms with van der Waals surface area (Å²) in [5, 5.41) is 34.8. The van der Waals surface area contributed by atoms with Crippen LogP contribution in [0.25, 0.3) is 0 Å². The molecule has 0 saturated heterocycles. The molecule has 0 aromatic heterocycles. The lowest BCUT2D eigenvalue weighted by molar-refractivity contribution is -0.228. The number of carbonyl (C=O) groups excluding carboxylic acids is 3. The maximum absolute atomic E-state index is 13.3. The molecule has 242 valence electrons. The topological polar surface area (TPSA) is 130 Å². The third-order valence-corrected chi connectivity index (χ3v) is 11.3. The van der Waals surface area contributed by atoms with Crippen molar-refractivity contribution < 1.29 is 39.2 Å². The Balaban J connectivity index is 1.55. The number of ether oxygens (including phenoxy) is 2. The number of rotatable bonds is 14. The molecule has 0 amide bonds. The van der Waals surface area contributed by atoms with Crippen LogP contribution >= 0.6 is 0 Å². The van der Waals surface area contributed by atoms with E-state index in [4.69, 9.17) is 9.47 Å². The molecule has 0 aromatic rings. The number of aliphatic hydroxyl groups is 3. The molecular formula is C35H54O8. The van der Waals surface area contributed by atoms with Gasteiger partial charge < -0.3 is 24.8 Å². The quantitative estimate of drug-likeness (QED) is 0.138. The summed E-state index contributed by atoms with van der Waals surface area (Å²) in [5.74, 6) is -4.30. The summed E-state index contributed by atoms with van der Waals surface area (Å²) in [6, 6.07) is 0. The van der Waals surface area contributed by atoms with Gasteiger partial charge in [-0.05, 0) is 24.5 Å². The van der Waals surface area contributed by atoms with E-state index in [0.717, 1.165) is 19.3 Å². The number of ketones is 1. The van der Waals surface area contributed by atoms with Gasteiger partial charge in [-0.3, -0.25) is 14.4 Å². The Morgan fingerprint density at radius 1 is 0.977 bits per heavy atom. The van der Waals surface area contributed by atoms with Crippen LogP contribution in [0.15, 0.2) is 23.3 Å². The molecule has 8 nitrogen and oxygen atoms in total. The van der Waals surface area contributed by atoms with Gasteiger partial charge in [-0.15, -0.1) is 0 Å². The van der Waals surface area contributed by atoms with Crippen LogP contribution in [0.5, 0.6) is 0 Å². The smallest absolute Gasteiger partial charge is 0.306 e. The molecule has 4 aliphatic carbocycles. The van der Waals surface area contributed by atoms with Crippen molar-refractivity contribution in [2.45, 2.75) is 141 Å². The zero-order chi connectivity index (χ0) is 31.8. The first-order valence-corrected chi connectivity index (χ1v) is 16.6. The minimum Gasteiger partial charge on any atom is -0.458 e. The zero-order valence-electron chi connectivity index (χ0n) is 27.1. The fraction of sp³-hybridized carbons (Fsp3) is 0.800. The van der Waals surface area contributed by atoms with Crippen molar-refractivity contribution in [2.24, 2.45) is 29.1 Å². The highest BCUT2D eigenvalue weighted by molar-refractivity contribution is 6.04. The Morgan fingerprint density at radius 2 is 1.56 bits per heavy atom. The molecule has 8 atom stereocenters. The van der Waals surface area contributed by atoms with Gasteiger partial charge in [0.2, 0.25) is 0 Å². The summed E-state index contributed by atoms with van der Waals surface area (Å²) in [4.78, 5) is 39.1. The first-order valence-electron chi connectivity index (χ1n) is 16.6. The lowest BCUT2D eigenvalue weighted by atomic mass is 9.59. The van der Waals surface area contributed by atoms with Crippen molar-refractivity contribution in [1.29, 1.82) is 0 Å². The molecule has 0 heterocycles. The lowest BCUT2D eigenvalue weighted by Gasteiger charge is -2.53. The lowest BCUT2D eigenvalue weighted by Crippen LogP contribution is -2.66. The molecule has 0 bridgehead atoms. The molecule has 2 saturated carbocycles. The van der Waals surface area contributed by atoms with Gasteiger partial charge in [0.1, 0.15) is 11.7 Å². The highest BCUT2D eigenvalue weighted by atomic mass is 16.6. The second kappa shape index (κ2) is 12.8. The Hall–Kier alpha value is -2.03. The monoisotopic (exact) mass is 602 g/mol. The van der Waals surface area contributed by atoms with E-state index in [2.05, 4.69) is 6.92 Å². The first kappa shape index (κ1) is 33.9. The number of hydrogen-bond donors (Lipinski definition) is 3. The molecule has 1 unspecified atom stereocenters. The summed E-state index contributed by atoms with van der Waals surface area (Å²) in [7, 11) is 0. The molecule has 43 heavy (non-hydrogen) atoms. The van der Waals surface area contributed by atoms with E-state index in [1.165, 1.54) is 45.4 Å². The average molecular weight is 603 g/mol. The van der Waals surface area contributed by atoms with Crippen LogP contribution in [0.2, 0.25) is 0 Å². The van der Waals surface area contributed by atoms with Crippen LogP contribution in [0.4, 0.5) is 0 Å². The molecule has 0 radical (unpaired) electrons. The van der Waals surface area contributed by atoms with Gasteiger partial charge in [-0.25, -0.2) is 0 Å². The zero-order valence-corrected chi connectivity index (χ0v) is 27.1. The molecule has 0 aliphatic heterocycles. The number of hydrogen-bond acceptors (Lipinski definition) is 8. The molecule has 3 N–H and O–H groups in total. The highest BCUT2D eigenvalue weighted by Crippen LogP contribution is 2.77. The normalized spacial score (nSPS) is 37.3. The van der Waals surface area contributed by atoms with Gasteiger partial charge in [0, 0.05) is 48.9 Å². The predicted octanol–water partition coefficient (Wildman–Crippen LogP) is 5.36. The van der Waals surface area contributed by atoms with E-state index in [0.29, 0.717) is 17.6 Å². The number of carbonyl (C=O) groups is 3. The van der Waals surface area contributed by atoms with Gasteiger partial charge in [-0.1, -0.05) is 97.6 Å². The van der Waals surface area contributed by atoms with Crippen molar-refractivity contribution in [3.05, 3.63) is 23.3 Å². The number of aliphatic hydroxyl groups excluding tert-OH is 1. The van der Waals surface area contributed by atoms with Crippen molar-refractivity contribution in [3.63, 3.8) is 0 Å². The van der Waals surface area contributed by atoms with Crippen molar-refractivity contribution in [3.8, 4) is 0 Å². The van der Waals surface area contributed by atoms with Gasteiger partial charge in [-0.2, -0.15) is 0 Å². The standard InChI is InChI=1S/C35H54O8/c1-7-8-9-10-11-12-13-14-15-16-17-28(38)42-31-23(3)34(41)26(29-32(5,6)35(29,31)43-24(4)37)19-25(21-36)20-33(40)27(34)18-22(2)30(33)39/h18-19,23,26-27,29,31,36,40-41H,7-17,20-21H2,1-6H3/t23-,26+,27-,29?,31-,33-,34-,35-/m1/s1. The number of Topliss-reactive ketones (excluding diaryl/α,β-unsaturated/α-hetero) is 1. The fourth-order valence-electron chi connectivity index (χ4n) is 9.02. The Labute approximate surface area is 257 Å². The van der Waals surface area contributed by atoms with Crippen LogP contribution in [-0.4, -0.2) is 62.6 Å². The summed E-state index contributed by atoms with van der Waals surface area (Å²) >= 11 is 0. The second-order valence-corrected chi connectivity index (χ2v) is 14.4. The SMILES string of the molecule is CCCCCCCCCCCCC(=O)O[C@@H]1[C@@H](C)[C@@]2(O)[C@@H](C=C(CO)C[C@]3(O)C(=O)C(C)=C[C@@H]23)C2C(C)(C)[C@@]21OC(C)=O. The molecular weight excluding hydrogens is 548 g/mol. The maximum atomic E-state index is 13.3. The van der Waals surface area contributed by atoms with Crippen LogP contribution in [0, 0.1) is 29.1 Å². The van der Waals surface area contributed by atoms with Crippen LogP contribution in [0.1, 0.15) is 119 Å². The summed E-state index contributed by atoms with van der Waals surface area (Å²) in [6.07, 6.45) is 14.0. The minimum absolute atomic E-state index is 0.108. The van der Waals surface area contributed by atoms with Crippen molar-refractivity contribution >= 4 is 17.7 Å². The van der Waals surface area contributed by atoms with Crippen molar-refractivity contribution in [2.75, 3.05) is 6.61 Å². The fourth-order valence-corrected chi connectivity index (χ4v) is 9.02. The van der Waals surface area contributed by atoms with Gasteiger partial charge in [0.15, 0.2) is 11.4 Å². The summed E-state index contributed by atoms with van der Waals surface area (Å²) in [5.41, 5.74) is -4.71. The minimum atomic E-state index is -1.93. The van der Waals surface area contributed by atoms with Gasteiger partial charge >= 0.3 is 11.9 Å². The van der Waals surface area contributed by atoms with E-state index in [1.54, 1.807) is 26.0 Å². The van der Waals surface area contributed by atoms with E-state index >= 15 is 0 Å². The largest absolute Gasteiger partial charge is 0.458 e. The predicted molar refractivity (Wildman–Crippen MR) is 163 cm³/mol. The van der Waals surface area contributed by atoms with E-state index in [9.17, 15) is 29.7 Å².